The number of ether oxygens (including phenoxy) is 1. The van der Waals surface area contributed by atoms with E-state index in [1.165, 1.54) is 5.56 Å². The van der Waals surface area contributed by atoms with Gasteiger partial charge in [-0.3, -0.25) is 9.69 Å². The van der Waals surface area contributed by atoms with E-state index in [9.17, 15) is 4.79 Å². The van der Waals surface area contributed by atoms with Gasteiger partial charge in [-0.25, -0.2) is 4.98 Å². The van der Waals surface area contributed by atoms with Gasteiger partial charge in [0.25, 0.3) is 0 Å². The van der Waals surface area contributed by atoms with Gasteiger partial charge in [0.05, 0.1) is 17.8 Å². The van der Waals surface area contributed by atoms with E-state index in [4.69, 9.17) is 9.72 Å². The Morgan fingerprint density at radius 2 is 1.64 bits per heavy atom. The van der Waals surface area contributed by atoms with Crippen molar-refractivity contribution in [1.29, 1.82) is 0 Å². The third kappa shape index (κ3) is 7.24. The molecule has 2 heterocycles. The topological polar surface area (TPSA) is 57.7 Å². The first-order chi connectivity index (χ1) is 19.2. The Bertz CT molecular complexity index is 1330. The maximum Gasteiger partial charge on any atom is 0.231 e. The largest absolute Gasteiger partial charge is 0.457 e. The van der Waals surface area contributed by atoms with Crippen LogP contribution in [0.4, 0.5) is 11.5 Å². The minimum Gasteiger partial charge on any atom is -0.457 e. The van der Waals surface area contributed by atoms with Crippen LogP contribution in [-0.4, -0.2) is 42.0 Å². The van der Waals surface area contributed by atoms with Crippen LogP contribution in [0.5, 0.6) is 11.5 Å². The van der Waals surface area contributed by atoms with Gasteiger partial charge in [-0.2, -0.15) is 0 Å². The van der Waals surface area contributed by atoms with E-state index in [0.717, 1.165) is 74.1 Å². The maximum atomic E-state index is 12.9. The van der Waals surface area contributed by atoms with Gasteiger partial charge in [0.15, 0.2) is 0 Å². The Morgan fingerprint density at radius 3 is 2.38 bits per heavy atom. The molecule has 0 unspecified atom stereocenters. The summed E-state index contributed by atoms with van der Waals surface area (Å²) >= 11 is 0. The maximum absolute atomic E-state index is 12.9. The quantitative estimate of drug-likeness (QED) is 0.266. The number of amides is 1. The summed E-state index contributed by atoms with van der Waals surface area (Å²) < 4.78 is 6.02. The number of carbonyl (C=O) groups excluding carboxylic acids is 1. The van der Waals surface area contributed by atoms with Gasteiger partial charge in [0.1, 0.15) is 17.3 Å². The lowest BCUT2D eigenvalue weighted by molar-refractivity contribution is -0.117. The summed E-state index contributed by atoms with van der Waals surface area (Å²) in [6, 6.07) is 32.1. The second kappa shape index (κ2) is 13.1. The highest BCUT2D eigenvalue weighted by atomic mass is 16.5. The summed E-state index contributed by atoms with van der Waals surface area (Å²) in [6.45, 7) is 6.78. The molecule has 1 aliphatic rings. The fourth-order valence-electron chi connectivity index (χ4n) is 5.08. The Morgan fingerprint density at radius 1 is 0.872 bits per heavy atom. The Hall–Kier alpha value is -4.16. The third-order valence-corrected chi connectivity index (χ3v) is 7.14. The number of nitrogens with zero attached hydrogens (tertiary/aromatic N) is 3. The summed E-state index contributed by atoms with van der Waals surface area (Å²) in [7, 11) is 0. The average Bonchev–Trinajstić information content (AvgIpc) is 3.21. The number of carbonyl (C=O) groups is 1. The molecular formula is C33H36N4O2. The van der Waals surface area contributed by atoms with Crippen molar-refractivity contribution in [3.05, 3.63) is 114 Å². The van der Waals surface area contributed by atoms with Crippen LogP contribution in [0.15, 0.2) is 103 Å². The molecule has 1 amide bonds. The van der Waals surface area contributed by atoms with Gasteiger partial charge in [-0.1, -0.05) is 67.6 Å². The van der Waals surface area contributed by atoms with E-state index in [1.807, 2.05) is 85.8 Å². The third-order valence-electron chi connectivity index (χ3n) is 7.14. The van der Waals surface area contributed by atoms with Crippen LogP contribution in [-0.2, 0) is 11.3 Å². The monoisotopic (exact) mass is 520 g/mol. The molecule has 6 heteroatoms. The molecule has 1 aromatic heterocycles. The minimum absolute atomic E-state index is 0.00176. The summed E-state index contributed by atoms with van der Waals surface area (Å²) in [5, 5.41) is 3.05. The predicted molar refractivity (Wildman–Crippen MR) is 157 cm³/mol. The Kier molecular flexibility index (Phi) is 8.86. The van der Waals surface area contributed by atoms with Crippen molar-refractivity contribution < 1.29 is 9.53 Å². The summed E-state index contributed by atoms with van der Waals surface area (Å²) in [4.78, 5) is 22.4. The fraction of sp³-hybridized carbons (Fsp3) is 0.273. The first-order valence-corrected chi connectivity index (χ1v) is 13.8. The molecule has 1 aliphatic heterocycles. The van der Waals surface area contributed by atoms with Crippen LogP contribution in [0.1, 0.15) is 36.8 Å². The number of rotatable bonds is 9. The summed E-state index contributed by atoms with van der Waals surface area (Å²) in [5.74, 6) is 2.48. The standard InChI is InChI=1S/C33H36N4O2/c1-2-31(27-12-5-3-6-13-27)33(38)35-28-17-18-32(34-24-28)37-20-10-19-36(21-22-37)25-26-11-9-16-30(23-26)39-29-14-7-4-8-15-29/h3-9,11-18,23-24,31H,2,10,19-22,25H2,1H3,(H,35,38)/t31-/m1/s1. The van der Waals surface area contributed by atoms with Gasteiger partial charge < -0.3 is 15.0 Å². The van der Waals surface area contributed by atoms with E-state index in [-0.39, 0.29) is 11.8 Å². The number of pyridine rings is 1. The molecule has 0 spiro atoms. The lowest BCUT2D eigenvalue weighted by atomic mass is 9.95. The second-order valence-corrected chi connectivity index (χ2v) is 9.95. The van der Waals surface area contributed by atoms with Crippen LogP contribution in [0.3, 0.4) is 0 Å². The lowest BCUT2D eigenvalue weighted by Gasteiger charge is -2.23. The van der Waals surface area contributed by atoms with E-state index in [0.29, 0.717) is 0 Å². The van der Waals surface area contributed by atoms with Crippen molar-refractivity contribution in [2.75, 3.05) is 36.4 Å². The second-order valence-electron chi connectivity index (χ2n) is 9.95. The van der Waals surface area contributed by atoms with Gasteiger partial charge in [-0.05, 0) is 60.4 Å². The smallest absolute Gasteiger partial charge is 0.231 e. The van der Waals surface area contributed by atoms with Crippen LogP contribution in [0.2, 0.25) is 0 Å². The SMILES string of the molecule is CC[C@@H](C(=O)Nc1ccc(N2CCCN(Cc3cccc(Oc4ccccc4)c3)CC2)nc1)c1ccccc1. The molecule has 1 N–H and O–H groups in total. The van der Waals surface area contributed by atoms with E-state index in [2.05, 4.69) is 33.3 Å². The van der Waals surface area contributed by atoms with E-state index in [1.54, 1.807) is 6.20 Å². The van der Waals surface area contributed by atoms with Gasteiger partial charge in [-0.15, -0.1) is 0 Å². The van der Waals surface area contributed by atoms with E-state index < -0.39 is 0 Å². The zero-order valence-corrected chi connectivity index (χ0v) is 22.5. The van der Waals surface area contributed by atoms with Crippen molar-refractivity contribution in [3.63, 3.8) is 0 Å². The number of aromatic nitrogens is 1. The van der Waals surface area contributed by atoms with Crippen LogP contribution < -0.4 is 15.0 Å². The zero-order valence-electron chi connectivity index (χ0n) is 22.5. The number of hydrogen-bond donors (Lipinski definition) is 1. The molecule has 1 fully saturated rings. The zero-order chi connectivity index (χ0) is 26.9. The predicted octanol–water partition coefficient (Wildman–Crippen LogP) is 6.72. The molecule has 0 aliphatic carbocycles. The number of anilines is 2. The molecule has 1 saturated heterocycles. The molecule has 5 rings (SSSR count). The van der Waals surface area contributed by atoms with Crippen molar-refractivity contribution >= 4 is 17.4 Å². The van der Waals surface area contributed by atoms with Crippen molar-refractivity contribution in [3.8, 4) is 11.5 Å². The van der Waals surface area contributed by atoms with Crippen molar-refractivity contribution in [2.24, 2.45) is 0 Å². The molecule has 0 saturated carbocycles. The van der Waals surface area contributed by atoms with Crippen molar-refractivity contribution in [1.82, 2.24) is 9.88 Å². The molecule has 1 atom stereocenters. The molecular weight excluding hydrogens is 484 g/mol. The van der Waals surface area contributed by atoms with Crippen LogP contribution >= 0.6 is 0 Å². The highest BCUT2D eigenvalue weighted by molar-refractivity contribution is 5.95. The molecule has 0 radical (unpaired) electrons. The lowest BCUT2D eigenvalue weighted by Crippen LogP contribution is -2.31. The van der Waals surface area contributed by atoms with Gasteiger partial charge in [0.2, 0.25) is 5.91 Å². The highest BCUT2D eigenvalue weighted by Gasteiger charge is 2.20. The highest BCUT2D eigenvalue weighted by Crippen LogP contribution is 2.24. The molecule has 3 aromatic carbocycles. The Labute approximate surface area is 231 Å². The number of para-hydroxylation sites is 1. The average molecular weight is 521 g/mol. The molecule has 4 aromatic rings. The fourth-order valence-corrected chi connectivity index (χ4v) is 5.08. The summed E-state index contributed by atoms with van der Waals surface area (Å²) in [5.41, 5.74) is 3.01. The van der Waals surface area contributed by atoms with Crippen LogP contribution in [0.25, 0.3) is 0 Å². The molecule has 6 nitrogen and oxygen atoms in total. The number of hydrogen-bond acceptors (Lipinski definition) is 5. The molecule has 200 valence electrons. The number of nitrogens with one attached hydrogen (secondary N) is 1. The van der Waals surface area contributed by atoms with E-state index >= 15 is 0 Å². The summed E-state index contributed by atoms with van der Waals surface area (Å²) in [6.07, 6.45) is 3.58. The van der Waals surface area contributed by atoms with Gasteiger partial charge in [0, 0.05) is 32.7 Å². The van der Waals surface area contributed by atoms with Crippen molar-refractivity contribution in [2.45, 2.75) is 32.2 Å². The van der Waals surface area contributed by atoms with Crippen LogP contribution in [0, 0.1) is 0 Å². The Balaban J connectivity index is 1.15. The first-order valence-electron chi connectivity index (χ1n) is 13.8. The minimum atomic E-state index is -0.173. The number of benzene rings is 3. The normalized spacial score (nSPS) is 14.8. The molecule has 0 bridgehead atoms. The van der Waals surface area contributed by atoms with Gasteiger partial charge >= 0.3 is 0 Å². The molecule has 39 heavy (non-hydrogen) atoms. The first kappa shape index (κ1) is 26.4.